The van der Waals surface area contributed by atoms with Crippen LogP contribution in [0.2, 0.25) is 0 Å². The molecule has 1 unspecified atom stereocenters. The maximum Gasteiger partial charge on any atom is 0.303 e. The highest BCUT2D eigenvalue weighted by atomic mass is 79.9. The number of amides is 1. The molecule has 0 aliphatic rings. The van der Waals surface area contributed by atoms with Gasteiger partial charge in [0.05, 0.1) is 4.47 Å². The highest BCUT2D eigenvalue weighted by Crippen LogP contribution is 2.26. The second-order valence-electron chi connectivity index (χ2n) is 4.59. The Labute approximate surface area is 130 Å². The average molecular weight is 362 g/mol. The molecular formula is C14H17BrFNO4. The van der Waals surface area contributed by atoms with Crippen LogP contribution in [-0.4, -0.2) is 41.6 Å². The van der Waals surface area contributed by atoms with Crippen molar-refractivity contribution >= 4 is 27.8 Å². The van der Waals surface area contributed by atoms with Crippen LogP contribution < -0.4 is 4.74 Å². The lowest BCUT2D eigenvalue weighted by Crippen LogP contribution is -2.38. The van der Waals surface area contributed by atoms with Gasteiger partial charge in [-0.05, 0) is 47.5 Å². The van der Waals surface area contributed by atoms with Crippen LogP contribution in [0.4, 0.5) is 4.39 Å². The summed E-state index contributed by atoms with van der Waals surface area (Å²) in [6.07, 6.45) is -0.359. The molecule has 0 aliphatic carbocycles. The zero-order chi connectivity index (χ0) is 16.0. The number of carbonyl (C=O) groups excluding carboxylic acids is 1. The van der Waals surface area contributed by atoms with Crippen LogP contribution in [0.15, 0.2) is 22.7 Å². The van der Waals surface area contributed by atoms with E-state index in [4.69, 9.17) is 9.84 Å². The number of benzene rings is 1. The fraction of sp³-hybridized carbons (Fsp3) is 0.429. The highest BCUT2D eigenvalue weighted by Gasteiger charge is 2.20. The summed E-state index contributed by atoms with van der Waals surface area (Å²) in [5.41, 5.74) is 0. The summed E-state index contributed by atoms with van der Waals surface area (Å²) in [5, 5.41) is 8.56. The van der Waals surface area contributed by atoms with Crippen LogP contribution in [0, 0.1) is 5.82 Å². The van der Waals surface area contributed by atoms with Gasteiger partial charge in [-0.3, -0.25) is 9.59 Å². The molecule has 0 fully saturated rings. The van der Waals surface area contributed by atoms with Gasteiger partial charge in [0.2, 0.25) is 0 Å². The van der Waals surface area contributed by atoms with Crippen LogP contribution in [0.5, 0.6) is 5.75 Å². The number of carbonyl (C=O) groups is 2. The van der Waals surface area contributed by atoms with E-state index in [9.17, 15) is 14.0 Å². The van der Waals surface area contributed by atoms with Gasteiger partial charge in [-0.2, -0.15) is 0 Å². The number of aliphatic carboxylic acids is 1. The summed E-state index contributed by atoms with van der Waals surface area (Å²) in [6.45, 7) is 1.93. The van der Waals surface area contributed by atoms with Crippen molar-refractivity contribution < 1.29 is 23.8 Å². The lowest BCUT2D eigenvalue weighted by molar-refractivity contribution is -0.139. The van der Waals surface area contributed by atoms with Crippen LogP contribution >= 0.6 is 15.9 Å². The fourth-order valence-corrected chi connectivity index (χ4v) is 2.14. The minimum absolute atomic E-state index is 0.0103. The molecule has 7 heteroatoms. The Kier molecular flexibility index (Phi) is 6.61. The summed E-state index contributed by atoms with van der Waals surface area (Å²) in [7, 11) is 1.59. The Morgan fingerprint density at radius 2 is 2.14 bits per heavy atom. The van der Waals surface area contributed by atoms with Crippen molar-refractivity contribution in [1.82, 2.24) is 4.90 Å². The van der Waals surface area contributed by atoms with Crippen LogP contribution in [-0.2, 0) is 9.59 Å². The van der Waals surface area contributed by atoms with Gasteiger partial charge in [0.25, 0.3) is 5.91 Å². The zero-order valence-corrected chi connectivity index (χ0v) is 13.4. The number of ether oxygens (including phenoxy) is 1. The molecule has 1 amide bonds. The summed E-state index contributed by atoms with van der Waals surface area (Å²) in [6, 6.07) is 3.94. The number of hydrogen-bond donors (Lipinski definition) is 1. The van der Waals surface area contributed by atoms with Crippen molar-refractivity contribution in [1.29, 1.82) is 0 Å². The number of nitrogens with zero attached hydrogens (tertiary/aromatic N) is 1. The number of hydrogen-bond acceptors (Lipinski definition) is 3. The van der Waals surface area contributed by atoms with Crippen LogP contribution in [0.25, 0.3) is 0 Å². The van der Waals surface area contributed by atoms with Gasteiger partial charge in [0, 0.05) is 20.0 Å². The maximum absolute atomic E-state index is 13.0. The smallest absolute Gasteiger partial charge is 0.303 e. The SMILES string of the molecule is CC(Oc1ccc(F)cc1Br)C(=O)N(C)CCCC(=O)O. The van der Waals surface area contributed by atoms with Crippen LogP contribution in [0.3, 0.4) is 0 Å². The van der Waals surface area contributed by atoms with Crippen molar-refractivity contribution in [2.24, 2.45) is 0 Å². The third-order valence-electron chi connectivity index (χ3n) is 2.81. The second-order valence-corrected chi connectivity index (χ2v) is 5.45. The fourth-order valence-electron chi connectivity index (χ4n) is 1.70. The molecule has 5 nitrogen and oxygen atoms in total. The normalized spacial score (nSPS) is 11.8. The van der Waals surface area contributed by atoms with Gasteiger partial charge in [-0.25, -0.2) is 4.39 Å². The predicted molar refractivity (Wildman–Crippen MR) is 78.7 cm³/mol. The molecule has 1 aromatic carbocycles. The van der Waals surface area contributed by atoms with Crippen molar-refractivity contribution in [3.05, 3.63) is 28.5 Å². The quantitative estimate of drug-likeness (QED) is 0.810. The predicted octanol–water partition coefficient (Wildman–Crippen LogP) is 2.68. The average Bonchev–Trinajstić information content (AvgIpc) is 2.40. The Balaban J connectivity index is 2.55. The highest BCUT2D eigenvalue weighted by molar-refractivity contribution is 9.10. The third-order valence-corrected chi connectivity index (χ3v) is 3.43. The van der Waals surface area contributed by atoms with E-state index in [-0.39, 0.29) is 12.3 Å². The Morgan fingerprint density at radius 3 is 2.71 bits per heavy atom. The van der Waals surface area contributed by atoms with Crippen molar-refractivity contribution in [3.63, 3.8) is 0 Å². The van der Waals surface area contributed by atoms with E-state index in [0.717, 1.165) is 0 Å². The van der Waals surface area contributed by atoms with E-state index in [1.54, 1.807) is 14.0 Å². The molecule has 1 N–H and O–H groups in total. The number of carboxylic acids is 1. The number of halogens is 2. The number of carboxylic acid groups (broad SMARTS) is 1. The summed E-state index contributed by atoms with van der Waals surface area (Å²) >= 11 is 3.16. The molecule has 1 atom stereocenters. The molecule has 0 saturated carbocycles. The molecule has 116 valence electrons. The van der Waals surface area contributed by atoms with Gasteiger partial charge >= 0.3 is 5.97 Å². The first-order chi connectivity index (χ1) is 9.81. The van der Waals surface area contributed by atoms with E-state index in [0.29, 0.717) is 23.2 Å². The molecule has 1 rings (SSSR count). The van der Waals surface area contributed by atoms with E-state index >= 15 is 0 Å². The Hall–Kier alpha value is -1.63. The minimum Gasteiger partial charge on any atom is -0.481 e. The first-order valence-electron chi connectivity index (χ1n) is 6.39. The first-order valence-corrected chi connectivity index (χ1v) is 7.19. The number of rotatable bonds is 7. The van der Waals surface area contributed by atoms with Crippen molar-refractivity contribution in [2.75, 3.05) is 13.6 Å². The molecule has 0 radical (unpaired) electrons. The molecule has 0 bridgehead atoms. The summed E-state index contributed by atoms with van der Waals surface area (Å²) < 4.78 is 18.9. The first kappa shape index (κ1) is 17.4. The van der Waals surface area contributed by atoms with E-state index in [1.807, 2.05) is 0 Å². The molecular weight excluding hydrogens is 345 g/mol. The molecule has 0 aromatic heterocycles. The molecule has 21 heavy (non-hydrogen) atoms. The van der Waals surface area contributed by atoms with E-state index in [2.05, 4.69) is 15.9 Å². The Bertz CT molecular complexity index is 524. The summed E-state index contributed by atoms with van der Waals surface area (Å²) in [4.78, 5) is 23.9. The monoisotopic (exact) mass is 361 g/mol. The van der Waals surface area contributed by atoms with Gasteiger partial charge in [-0.15, -0.1) is 0 Å². The summed E-state index contributed by atoms with van der Waals surface area (Å²) in [5.74, 6) is -1.19. The molecule has 0 saturated heterocycles. The zero-order valence-electron chi connectivity index (χ0n) is 11.8. The third kappa shape index (κ3) is 5.71. The van der Waals surface area contributed by atoms with Gasteiger partial charge in [-0.1, -0.05) is 0 Å². The lowest BCUT2D eigenvalue weighted by Gasteiger charge is -2.22. The maximum atomic E-state index is 13.0. The van der Waals surface area contributed by atoms with Gasteiger partial charge in [0.15, 0.2) is 6.10 Å². The molecule has 0 spiro atoms. The van der Waals surface area contributed by atoms with Crippen LogP contribution in [0.1, 0.15) is 19.8 Å². The second kappa shape index (κ2) is 7.97. The Morgan fingerprint density at radius 1 is 1.48 bits per heavy atom. The van der Waals surface area contributed by atoms with E-state index < -0.39 is 17.9 Å². The minimum atomic E-state index is -0.893. The standard InChI is InChI=1S/C14H17BrFNO4/c1-9(14(20)17(2)7-3-4-13(18)19)21-12-6-5-10(16)8-11(12)15/h5-6,8-9H,3-4,7H2,1-2H3,(H,18,19). The largest absolute Gasteiger partial charge is 0.481 e. The van der Waals surface area contributed by atoms with Crippen molar-refractivity contribution in [3.8, 4) is 5.75 Å². The van der Waals surface area contributed by atoms with Crippen molar-refractivity contribution in [2.45, 2.75) is 25.9 Å². The van der Waals surface area contributed by atoms with Gasteiger partial charge < -0.3 is 14.7 Å². The lowest BCUT2D eigenvalue weighted by atomic mass is 10.2. The van der Waals surface area contributed by atoms with E-state index in [1.165, 1.54) is 23.1 Å². The van der Waals surface area contributed by atoms with Gasteiger partial charge in [0.1, 0.15) is 11.6 Å². The molecule has 0 heterocycles. The number of likely N-dealkylation sites (N-methyl/N-ethyl adjacent to an activating group) is 1. The topological polar surface area (TPSA) is 66.8 Å². The molecule has 0 aliphatic heterocycles. The molecule has 1 aromatic rings.